The fourth-order valence-electron chi connectivity index (χ4n) is 2.15. The fourth-order valence-corrected chi connectivity index (χ4v) is 2.15. The second-order valence-corrected chi connectivity index (χ2v) is 5.51. The topological polar surface area (TPSA) is 35.2 Å². The third-order valence-corrected chi connectivity index (χ3v) is 3.45. The van der Waals surface area contributed by atoms with E-state index in [1.165, 1.54) is 11.1 Å². The number of hydrogen-bond acceptors (Lipinski definition) is 2. The zero-order valence-electron chi connectivity index (χ0n) is 12.5. The van der Waals surface area contributed by atoms with Crippen LogP contribution in [0.4, 0.5) is 0 Å². The number of nitrogens with two attached hydrogens (primary N) is 1. The fraction of sp³-hybridized carbons (Fsp3) is 0.333. The molecule has 2 aromatic carbocycles. The van der Waals surface area contributed by atoms with Gasteiger partial charge in [0.2, 0.25) is 0 Å². The van der Waals surface area contributed by atoms with Crippen molar-refractivity contribution in [2.75, 3.05) is 0 Å². The van der Waals surface area contributed by atoms with Crippen LogP contribution < -0.4 is 10.5 Å². The quantitative estimate of drug-likeness (QED) is 0.872. The van der Waals surface area contributed by atoms with Crippen molar-refractivity contribution in [2.24, 2.45) is 5.73 Å². The molecule has 2 heteroatoms. The van der Waals surface area contributed by atoms with E-state index in [0.717, 1.165) is 11.3 Å². The molecule has 0 bridgehead atoms. The maximum atomic E-state index is 5.96. The Bertz CT molecular complexity index is 544. The van der Waals surface area contributed by atoms with Crippen LogP contribution in [-0.4, -0.2) is 0 Å². The van der Waals surface area contributed by atoms with E-state index >= 15 is 0 Å². The largest absolute Gasteiger partial charge is 0.489 e. The van der Waals surface area contributed by atoms with Crippen LogP contribution in [0, 0.1) is 0 Å². The molecule has 2 nitrogen and oxygen atoms in total. The second-order valence-electron chi connectivity index (χ2n) is 5.51. The molecule has 0 aliphatic rings. The first-order valence-corrected chi connectivity index (χ1v) is 7.14. The number of rotatable bonds is 5. The lowest BCUT2D eigenvalue weighted by molar-refractivity contribution is 0.301. The molecule has 1 atom stereocenters. The Morgan fingerprint density at radius 3 is 2.20 bits per heavy atom. The number of para-hydroxylation sites is 1. The summed E-state index contributed by atoms with van der Waals surface area (Å²) in [6.45, 7) is 6.94. The summed E-state index contributed by atoms with van der Waals surface area (Å²) in [6.07, 6.45) is 0. The molecule has 0 heterocycles. The first-order chi connectivity index (χ1) is 9.58. The molecule has 0 saturated carbocycles. The predicted octanol–water partition coefficient (Wildman–Crippen LogP) is 4.41. The lowest BCUT2D eigenvalue weighted by Gasteiger charge is -2.14. The normalized spacial score (nSPS) is 12.4. The van der Waals surface area contributed by atoms with Crippen molar-refractivity contribution in [3.8, 4) is 5.75 Å². The molecule has 2 N–H and O–H groups in total. The minimum atomic E-state index is -0.0190. The van der Waals surface area contributed by atoms with Crippen LogP contribution in [0.2, 0.25) is 0 Å². The highest BCUT2D eigenvalue weighted by Crippen LogP contribution is 2.24. The van der Waals surface area contributed by atoms with E-state index in [9.17, 15) is 0 Å². The zero-order chi connectivity index (χ0) is 14.5. The van der Waals surface area contributed by atoms with Crippen molar-refractivity contribution in [1.29, 1.82) is 0 Å². The van der Waals surface area contributed by atoms with Gasteiger partial charge < -0.3 is 10.5 Å². The summed E-state index contributed by atoms with van der Waals surface area (Å²) in [6, 6.07) is 16.5. The lowest BCUT2D eigenvalue weighted by atomic mass is 10.0. The van der Waals surface area contributed by atoms with Gasteiger partial charge in [0.15, 0.2) is 0 Å². The third-order valence-electron chi connectivity index (χ3n) is 3.45. The molecule has 20 heavy (non-hydrogen) atoms. The molecule has 0 aromatic heterocycles. The smallest absolute Gasteiger partial charge is 0.124 e. The molecule has 0 radical (unpaired) electrons. The van der Waals surface area contributed by atoms with Gasteiger partial charge in [-0.25, -0.2) is 0 Å². The van der Waals surface area contributed by atoms with Crippen molar-refractivity contribution < 1.29 is 4.74 Å². The summed E-state index contributed by atoms with van der Waals surface area (Å²) in [5, 5.41) is 0. The minimum absolute atomic E-state index is 0.0190. The van der Waals surface area contributed by atoms with Crippen molar-refractivity contribution in [2.45, 2.75) is 39.3 Å². The molecule has 2 aromatic rings. The SMILES string of the molecule is CC(C)c1ccc(COc2ccccc2C(C)N)cc1. The second kappa shape index (κ2) is 6.58. The van der Waals surface area contributed by atoms with Crippen LogP contribution in [0.25, 0.3) is 0 Å². The Morgan fingerprint density at radius 1 is 0.950 bits per heavy atom. The van der Waals surface area contributed by atoms with Crippen LogP contribution in [0.1, 0.15) is 49.4 Å². The summed E-state index contributed by atoms with van der Waals surface area (Å²) in [5.74, 6) is 1.43. The number of hydrogen-bond donors (Lipinski definition) is 1. The molecule has 106 valence electrons. The molecule has 1 unspecified atom stereocenters. The molecule has 0 amide bonds. The van der Waals surface area contributed by atoms with E-state index in [0.29, 0.717) is 12.5 Å². The zero-order valence-corrected chi connectivity index (χ0v) is 12.5. The van der Waals surface area contributed by atoms with Gasteiger partial charge in [-0.3, -0.25) is 0 Å². The molecule has 0 aliphatic carbocycles. The highest BCUT2D eigenvalue weighted by molar-refractivity contribution is 5.35. The van der Waals surface area contributed by atoms with Crippen molar-refractivity contribution in [3.05, 3.63) is 65.2 Å². The van der Waals surface area contributed by atoms with Gasteiger partial charge in [-0.15, -0.1) is 0 Å². The first-order valence-electron chi connectivity index (χ1n) is 7.14. The number of ether oxygens (including phenoxy) is 1. The average molecular weight is 269 g/mol. The summed E-state index contributed by atoms with van der Waals surface area (Å²) in [4.78, 5) is 0. The van der Waals surface area contributed by atoms with E-state index < -0.39 is 0 Å². The Labute approximate surface area is 121 Å². The third kappa shape index (κ3) is 3.61. The van der Waals surface area contributed by atoms with Gasteiger partial charge in [-0.2, -0.15) is 0 Å². The van der Waals surface area contributed by atoms with Gasteiger partial charge in [0, 0.05) is 11.6 Å². The maximum absolute atomic E-state index is 5.96. The molecule has 0 spiro atoms. The van der Waals surface area contributed by atoms with E-state index in [4.69, 9.17) is 10.5 Å². The molecular weight excluding hydrogens is 246 g/mol. The monoisotopic (exact) mass is 269 g/mol. The van der Waals surface area contributed by atoms with Crippen LogP contribution in [0.3, 0.4) is 0 Å². The molecule has 0 aliphatic heterocycles. The lowest BCUT2D eigenvalue weighted by Crippen LogP contribution is -2.08. The summed E-state index contributed by atoms with van der Waals surface area (Å²) in [5.41, 5.74) is 9.53. The van der Waals surface area contributed by atoms with E-state index in [2.05, 4.69) is 38.1 Å². The summed E-state index contributed by atoms with van der Waals surface area (Å²) >= 11 is 0. The van der Waals surface area contributed by atoms with Crippen LogP contribution >= 0.6 is 0 Å². The molecular formula is C18H23NO. The minimum Gasteiger partial charge on any atom is -0.489 e. The Balaban J connectivity index is 2.05. The van der Waals surface area contributed by atoms with Gasteiger partial charge >= 0.3 is 0 Å². The maximum Gasteiger partial charge on any atom is 0.124 e. The van der Waals surface area contributed by atoms with Crippen molar-refractivity contribution in [3.63, 3.8) is 0 Å². The van der Waals surface area contributed by atoms with Crippen molar-refractivity contribution >= 4 is 0 Å². The van der Waals surface area contributed by atoms with Gasteiger partial charge in [0.25, 0.3) is 0 Å². The van der Waals surface area contributed by atoms with Gasteiger partial charge in [-0.05, 0) is 30.0 Å². The Kier molecular flexibility index (Phi) is 4.80. The van der Waals surface area contributed by atoms with Crippen LogP contribution in [0.15, 0.2) is 48.5 Å². The van der Waals surface area contributed by atoms with Crippen LogP contribution in [-0.2, 0) is 6.61 Å². The van der Waals surface area contributed by atoms with Gasteiger partial charge in [0.05, 0.1) is 0 Å². The van der Waals surface area contributed by atoms with E-state index in [-0.39, 0.29) is 6.04 Å². The highest BCUT2D eigenvalue weighted by Gasteiger charge is 2.07. The molecule has 0 saturated heterocycles. The Hall–Kier alpha value is -1.80. The van der Waals surface area contributed by atoms with E-state index in [1.54, 1.807) is 0 Å². The predicted molar refractivity (Wildman–Crippen MR) is 83.9 cm³/mol. The molecule has 0 fully saturated rings. The highest BCUT2D eigenvalue weighted by atomic mass is 16.5. The molecule has 2 rings (SSSR count). The Morgan fingerprint density at radius 2 is 1.60 bits per heavy atom. The van der Waals surface area contributed by atoms with Gasteiger partial charge in [0.1, 0.15) is 12.4 Å². The number of benzene rings is 2. The summed E-state index contributed by atoms with van der Waals surface area (Å²) < 4.78 is 5.90. The first kappa shape index (κ1) is 14.6. The van der Waals surface area contributed by atoms with Gasteiger partial charge in [-0.1, -0.05) is 56.3 Å². The average Bonchev–Trinajstić information content (AvgIpc) is 2.45. The van der Waals surface area contributed by atoms with Crippen molar-refractivity contribution in [1.82, 2.24) is 0 Å². The standard InChI is InChI=1S/C18H23NO/c1-13(2)16-10-8-15(9-11-16)12-20-18-7-5-4-6-17(18)14(3)19/h4-11,13-14H,12,19H2,1-3H3. The summed E-state index contributed by atoms with van der Waals surface area (Å²) in [7, 11) is 0. The van der Waals surface area contributed by atoms with E-state index in [1.807, 2.05) is 31.2 Å². The van der Waals surface area contributed by atoms with Crippen LogP contribution in [0.5, 0.6) is 5.75 Å².